The first-order valence-electron chi connectivity index (χ1n) is 8.05. The monoisotopic (exact) mass is 401 g/mol. The number of hydrogen-bond donors (Lipinski definition) is 0. The van der Waals surface area contributed by atoms with E-state index in [0.717, 1.165) is 16.9 Å². The molecule has 4 rings (SSSR count). The summed E-state index contributed by atoms with van der Waals surface area (Å²) in [6, 6.07) is 10.5. The van der Waals surface area contributed by atoms with Crippen LogP contribution in [0.15, 0.2) is 58.7 Å². The van der Waals surface area contributed by atoms with E-state index in [2.05, 4.69) is 4.99 Å². The molecule has 2 aliphatic rings. The van der Waals surface area contributed by atoms with E-state index in [1.807, 2.05) is 31.2 Å². The lowest BCUT2D eigenvalue weighted by atomic mass is 10.1. The van der Waals surface area contributed by atoms with Gasteiger partial charge in [0.15, 0.2) is 17.2 Å². The zero-order valence-corrected chi connectivity index (χ0v) is 15.7. The van der Waals surface area contributed by atoms with Crippen LogP contribution in [0.3, 0.4) is 0 Å². The van der Waals surface area contributed by atoms with Crippen LogP contribution in [0, 0.1) is 0 Å². The molecule has 27 heavy (non-hydrogen) atoms. The van der Waals surface area contributed by atoms with Crippen molar-refractivity contribution in [3.8, 4) is 11.5 Å². The van der Waals surface area contributed by atoms with Gasteiger partial charge in [-0.25, -0.2) is 9.79 Å². The molecule has 0 aliphatic carbocycles. The second-order valence-electron chi connectivity index (χ2n) is 5.96. The van der Waals surface area contributed by atoms with Gasteiger partial charge in [-0.15, -0.1) is 0 Å². The SMILES string of the molecule is CC(/C=C1\N=C(c2ccc(Cl)cc2Cl)OC1=O)=C\c1ccc2c(c1)OCO2. The van der Waals surface area contributed by atoms with Crippen molar-refractivity contribution in [3.63, 3.8) is 0 Å². The summed E-state index contributed by atoms with van der Waals surface area (Å²) >= 11 is 12.0. The zero-order chi connectivity index (χ0) is 19.0. The van der Waals surface area contributed by atoms with Gasteiger partial charge in [0.1, 0.15) is 0 Å². The highest BCUT2D eigenvalue weighted by Gasteiger charge is 2.25. The van der Waals surface area contributed by atoms with Gasteiger partial charge in [0.05, 0.1) is 10.6 Å². The van der Waals surface area contributed by atoms with Crippen molar-refractivity contribution < 1.29 is 19.0 Å². The number of halogens is 2. The molecule has 0 fully saturated rings. The molecule has 0 aromatic heterocycles. The number of ether oxygens (including phenoxy) is 3. The van der Waals surface area contributed by atoms with Crippen LogP contribution in [0.25, 0.3) is 6.08 Å². The fourth-order valence-electron chi connectivity index (χ4n) is 2.71. The van der Waals surface area contributed by atoms with Crippen molar-refractivity contribution in [2.75, 3.05) is 6.79 Å². The zero-order valence-electron chi connectivity index (χ0n) is 14.2. The third-order valence-corrected chi connectivity index (χ3v) is 4.49. The molecular weight excluding hydrogens is 389 g/mol. The summed E-state index contributed by atoms with van der Waals surface area (Å²) in [6.07, 6.45) is 3.56. The van der Waals surface area contributed by atoms with E-state index in [4.69, 9.17) is 37.4 Å². The molecule has 5 nitrogen and oxygen atoms in total. The maximum absolute atomic E-state index is 12.1. The molecule has 136 valence electrons. The molecule has 2 aromatic carbocycles. The van der Waals surface area contributed by atoms with Gasteiger partial charge in [-0.3, -0.25) is 0 Å². The lowest BCUT2D eigenvalue weighted by molar-refractivity contribution is -0.130. The van der Waals surface area contributed by atoms with Crippen LogP contribution in [0.2, 0.25) is 10.0 Å². The number of carbonyl (C=O) groups is 1. The van der Waals surface area contributed by atoms with E-state index in [1.54, 1.807) is 24.3 Å². The van der Waals surface area contributed by atoms with Crippen LogP contribution in [0.1, 0.15) is 18.1 Å². The molecule has 2 aromatic rings. The minimum Gasteiger partial charge on any atom is -0.454 e. The van der Waals surface area contributed by atoms with Crippen molar-refractivity contribution in [3.05, 3.63) is 74.9 Å². The highest BCUT2D eigenvalue weighted by Crippen LogP contribution is 2.33. The van der Waals surface area contributed by atoms with Crippen molar-refractivity contribution in [1.29, 1.82) is 0 Å². The smallest absolute Gasteiger partial charge is 0.363 e. The van der Waals surface area contributed by atoms with E-state index >= 15 is 0 Å². The Hall–Kier alpha value is -2.76. The van der Waals surface area contributed by atoms with E-state index < -0.39 is 5.97 Å². The molecule has 0 unspecified atom stereocenters. The van der Waals surface area contributed by atoms with Crippen LogP contribution < -0.4 is 9.47 Å². The fourth-order valence-corrected chi connectivity index (χ4v) is 3.20. The Labute approximate surface area is 165 Å². The summed E-state index contributed by atoms with van der Waals surface area (Å²) in [5, 5.41) is 0.856. The molecule has 0 saturated carbocycles. The van der Waals surface area contributed by atoms with Gasteiger partial charge in [-0.2, -0.15) is 0 Å². The molecule has 2 heterocycles. The summed E-state index contributed by atoms with van der Waals surface area (Å²) < 4.78 is 15.9. The Balaban J connectivity index is 1.61. The molecular formula is C20H13Cl2NO4. The summed E-state index contributed by atoms with van der Waals surface area (Å²) in [7, 11) is 0. The van der Waals surface area contributed by atoms with Crippen LogP contribution in [-0.2, 0) is 9.53 Å². The van der Waals surface area contributed by atoms with Crippen molar-refractivity contribution >= 4 is 41.1 Å². The number of aliphatic imine (C=N–C) groups is 1. The molecule has 0 radical (unpaired) electrons. The largest absolute Gasteiger partial charge is 0.454 e. The van der Waals surface area contributed by atoms with Gasteiger partial charge in [-0.1, -0.05) is 35.3 Å². The number of carbonyl (C=O) groups excluding carboxylic acids is 1. The quantitative estimate of drug-likeness (QED) is 0.535. The minimum absolute atomic E-state index is 0.156. The number of benzene rings is 2. The maximum atomic E-state index is 12.1. The highest BCUT2D eigenvalue weighted by molar-refractivity contribution is 6.37. The average molecular weight is 402 g/mol. The van der Waals surface area contributed by atoms with E-state index in [0.29, 0.717) is 21.4 Å². The van der Waals surface area contributed by atoms with Gasteiger partial charge in [0.2, 0.25) is 12.7 Å². The lowest BCUT2D eigenvalue weighted by Crippen LogP contribution is -2.06. The third-order valence-electron chi connectivity index (χ3n) is 3.94. The van der Waals surface area contributed by atoms with E-state index in [9.17, 15) is 4.79 Å². The Morgan fingerprint density at radius 3 is 2.74 bits per heavy atom. The third kappa shape index (κ3) is 3.70. The van der Waals surface area contributed by atoms with Crippen LogP contribution >= 0.6 is 23.2 Å². The van der Waals surface area contributed by atoms with E-state index in [1.165, 1.54) is 0 Å². The number of cyclic esters (lactones) is 1. The summed E-state index contributed by atoms with van der Waals surface area (Å²) in [5.74, 6) is 1.04. The van der Waals surface area contributed by atoms with Gasteiger partial charge < -0.3 is 14.2 Å². The number of hydrogen-bond acceptors (Lipinski definition) is 5. The Kier molecular flexibility index (Phi) is 4.64. The summed E-state index contributed by atoms with van der Waals surface area (Å²) in [6.45, 7) is 2.09. The minimum atomic E-state index is -0.533. The van der Waals surface area contributed by atoms with Gasteiger partial charge in [-0.05, 0) is 54.5 Å². The summed E-state index contributed by atoms with van der Waals surface area (Å²) in [4.78, 5) is 16.4. The second kappa shape index (κ2) is 7.10. The standard InChI is InChI=1S/C20H13Cl2NO4/c1-11(6-12-2-5-17-18(8-12)26-10-25-17)7-16-20(24)27-19(23-16)14-4-3-13(21)9-15(14)22/h2-9H,10H2,1H3/b11-6+,16-7-. The first kappa shape index (κ1) is 17.6. The summed E-state index contributed by atoms with van der Waals surface area (Å²) in [5.41, 5.74) is 2.46. The average Bonchev–Trinajstić information content (AvgIpc) is 3.21. The number of fused-ring (bicyclic) bond motifs is 1. The Morgan fingerprint density at radius 2 is 1.93 bits per heavy atom. The van der Waals surface area contributed by atoms with Crippen molar-refractivity contribution in [2.45, 2.75) is 6.92 Å². The predicted octanol–water partition coefficient (Wildman–Crippen LogP) is 5.01. The van der Waals surface area contributed by atoms with Crippen LogP contribution in [0.4, 0.5) is 0 Å². The number of nitrogens with zero attached hydrogens (tertiary/aromatic N) is 1. The number of allylic oxidation sites excluding steroid dienone is 2. The maximum Gasteiger partial charge on any atom is 0.363 e. The predicted molar refractivity (Wildman–Crippen MR) is 103 cm³/mol. The first-order chi connectivity index (χ1) is 13.0. The number of rotatable bonds is 3. The molecule has 0 bridgehead atoms. The normalized spacial score (nSPS) is 17.3. The topological polar surface area (TPSA) is 57.1 Å². The van der Waals surface area contributed by atoms with Gasteiger partial charge >= 0.3 is 5.97 Å². The molecule has 0 spiro atoms. The van der Waals surface area contributed by atoms with Crippen molar-refractivity contribution in [1.82, 2.24) is 0 Å². The number of esters is 1. The van der Waals surface area contributed by atoms with E-state index in [-0.39, 0.29) is 18.4 Å². The molecule has 0 N–H and O–H groups in total. The molecule has 0 amide bonds. The fraction of sp³-hybridized carbons (Fsp3) is 0.100. The molecule has 2 aliphatic heterocycles. The Morgan fingerprint density at radius 1 is 1.11 bits per heavy atom. The highest BCUT2D eigenvalue weighted by atomic mass is 35.5. The van der Waals surface area contributed by atoms with Crippen LogP contribution in [0.5, 0.6) is 11.5 Å². The van der Waals surface area contributed by atoms with Crippen LogP contribution in [-0.4, -0.2) is 18.7 Å². The Bertz CT molecular complexity index is 1040. The lowest BCUT2D eigenvalue weighted by Gasteiger charge is -2.02. The molecule has 7 heteroatoms. The molecule has 0 atom stereocenters. The molecule has 0 saturated heterocycles. The van der Waals surface area contributed by atoms with Gasteiger partial charge in [0, 0.05) is 5.02 Å². The van der Waals surface area contributed by atoms with Crippen molar-refractivity contribution in [2.24, 2.45) is 4.99 Å². The van der Waals surface area contributed by atoms with Gasteiger partial charge in [0.25, 0.3) is 0 Å². The second-order valence-corrected chi connectivity index (χ2v) is 6.80. The first-order valence-corrected chi connectivity index (χ1v) is 8.81.